The molecule has 0 saturated heterocycles. The first-order chi connectivity index (χ1) is 7.53. The second-order valence-corrected chi connectivity index (χ2v) is 6.21. The number of ether oxygens (including phenoxy) is 1. The summed E-state index contributed by atoms with van der Waals surface area (Å²) in [5.41, 5.74) is 0.394. The monoisotopic (exact) mass is 227 g/mol. The van der Waals surface area contributed by atoms with E-state index in [1.165, 1.54) is 25.7 Å². The second kappa shape index (κ2) is 6.61. The van der Waals surface area contributed by atoms with E-state index in [0.717, 1.165) is 19.6 Å². The summed E-state index contributed by atoms with van der Waals surface area (Å²) in [6.45, 7) is 11.1. The Morgan fingerprint density at radius 3 is 2.62 bits per heavy atom. The van der Waals surface area contributed by atoms with Crippen LogP contribution < -0.4 is 5.32 Å². The third-order valence-electron chi connectivity index (χ3n) is 3.29. The molecule has 1 aliphatic rings. The van der Waals surface area contributed by atoms with Gasteiger partial charge in [0.05, 0.1) is 6.10 Å². The minimum Gasteiger partial charge on any atom is -0.377 e. The standard InChI is InChI=1S/C14H29NO/c1-5-10-15-12-7-6-8-13(12)16-11-9-14(2,3)4/h12-13,15H,5-11H2,1-4H3. The molecular formula is C14H29NO. The van der Waals surface area contributed by atoms with Gasteiger partial charge in [-0.15, -0.1) is 0 Å². The van der Waals surface area contributed by atoms with Crippen molar-refractivity contribution in [3.8, 4) is 0 Å². The van der Waals surface area contributed by atoms with Crippen LogP contribution in [0.5, 0.6) is 0 Å². The zero-order valence-electron chi connectivity index (χ0n) is 11.5. The first-order valence-corrected chi connectivity index (χ1v) is 6.88. The smallest absolute Gasteiger partial charge is 0.0728 e. The van der Waals surface area contributed by atoms with E-state index in [1.807, 2.05) is 0 Å². The van der Waals surface area contributed by atoms with Gasteiger partial charge in [0.2, 0.25) is 0 Å². The maximum atomic E-state index is 6.03. The second-order valence-electron chi connectivity index (χ2n) is 6.21. The Kier molecular flexibility index (Phi) is 5.77. The molecule has 16 heavy (non-hydrogen) atoms. The highest BCUT2D eigenvalue weighted by molar-refractivity contribution is 4.84. The molecule has 0 amide bonds. The highest BCUT2D eigenvalue weighted by atomic mass is 16.5. The molecule has 1 saturated carbocycles. The van der Waals surface area contributed by atoms with Gasteiger partial charge in [0.1, 0.15) is 0 Å². The molecular weight excluding hydrogens is 198 g/mol. The van der Waals surface area contributed by atoms with E-state index in [9.17, 15) is 0 Å². The van der Waals surface area contributed by atoms with Gasteiger partial charge < -0.3 is 10.1 Å². The highest BCUT2D eigenvalue weighted by Gasteiger charge is 2.27. The minimum absolute atomic E-state index is 0.394. The Balaban J connectivity index is 2.19. The average molecular weight is 227 g/mol. The summed E-state index contributed by atoms with van der Waals surface area (Å²) in [7, 11) is 0. The van der Waals surface area contributed by atoms with Crippen LogP contribution in [0.4, 0.5) is 0 Å². The maximum absolute atomic E-state index is 6.03. The Morgan fingerprint density at radius 2 is 2.00 bits per heavy atom. The average Bonchev–Trinajstić information content (AvgIpc) is 2.60. The van der Waals surface area contributed by atoms with E-state index < -0.39 is 0 Å². The van der Waals surface area contributed by atoms with E-state index in [0.29, 0.717) is 17.6 Å². The Labute approximate surface area is 101 Å². The molecule has 1 N–H and O–H groups in total. The molecule has 0 radical (unpaired) electrons. The maximum Gasteiger partial charge on any atom is 0.0728 e. The molecule has 96 valence electrons. The van der Waals surface area contributed by atoms with Gasteiger partial charge in [0.15, 0.2) is 0 Å². The Bertz CT molecular complexity index is 186. The van der Waals surface area contributed by atoms with Crippen molar-refractivity contribution in [1.29, 1.82) is 0 Å². The topological polar surface area (TPSA) is 21.3 Å². The molecule has 0 aromatic carbocycles. The lowest BCUT2D eigenvalue weighted by Crippen LogP contribution is -2.38. The van der Waals surface area contributed by atoms with Gasteiger partial charge in [-0.2, -0.15) is 0 Å². The zero-order valence-corrected chi connectivity index (χ0v) is 11.5. The van der Waals surface area contributed by atoms with Crippen molar-refractivity contribution in [2.75, 3.05) is 13.2 Å². The molecule has 0 aromatic rings. The van der Waals surface area contributed by atoms with Gasteiger partial charge in [-0.1, -0.05) is 27.7 Å². The lowest BCUT2D eigenvalue weighted by atomic mass is 9.93. The largest absolute Gasteiger partial charge is 0.377 e. The fourth-order valence-corrected chi connectivity index (χ4v) is 2.21. The van der Waals surface area contributed by atoms with Crippen LogP contribution >= 0.6 is 0 Å². The molecule has 0 heterocycles. The number of hydrogen-bond donors (Lipinski definition) is 1. The van der Waals surface area contributed by atoms with Crippen LogP contribution in [-0.2, 0) is 4.74 Å². The van der Waals surface area contributed by atoms with Gasteiger partial charge >= 0.3 is 0 Å². The van der Waals surface area contributed by atoms with Gasteiger partial charge in [-0.3, -0.25) is 0 Å². The molecule has 2 atom stereocenters. The van der Waals surface area contributed by atoms with Crippen molar-refractivity contribution in [3.63, 3.8) is 0 Å². The summed E-state index contributed by atoms with van der Waals surface area (Å²) in [5.74, 6) is 0. The van der Waals surface area contributed by atoms with Crippen LogP contribution in [0.25, 0.3) is 0 Å². The molecule has 1 fully saturated rings. The van der Waals surface area contributed by atoms with Crippen molar-refractivity contribution >= 4 is 0 Å². The molecule has 2 heteroatoms. The van der Waals surface area contributed by atoms with Crippen molar-refractivity contribution in [2.45, 2.75) is 71.9 Å². The zero-order chi connectivity index (χ0) is 12.0. The van der Waals surface area contributed by atoms with Gasteiger partial charge in [-0.05, 0) is 44.1 Å². The Morgan fingerprint density at radius 1 is 1.25 bits per heavy atom. The summed E-state index contributed by atoms with van der Waals surface area (Å²) >= 11 is 0. The molecule has 0 aliphatic heterocycles. The third kappa shape index (κ3) is 5.31. The minimum atomic E-state index is 0.394. The predicted octanol–water partition coefficient (Wildman–Crippen LogP) is 3.36. The summed E-state index contributed by atoms with van der Waals surface area (Å²) < 4.78 is 6.03. The van der Waals surface area contributed by atoms with Crippen molar-refractivity contribution in [2.24, 2.45) is 5.41 Å². The van der Waals surface area contributed by atoms with Crippen LogP contribution in [0.2, 0.25) is 0 Å². The van der Waals surface area contributed by atoms with Crippen LogP contribution in [-0.4, -0.2) is 25.3 Å². The fraction of sp³-hybridized carbons (Fsp3) is 1.00. The van der Waals surface area contributed by atoms with Crippen LogP contribution in [0.3, 0.4) is 0 Å². The molecule has 0 aromatic heterocycles. The van der Waals surface area contributed by atoms with Crippen molar-refractivity contribution < 1.29 is 4.74 Å². The van der Waals surface area contributed by atoms with Crippen molar-refractivity contribution in [3.05, 3.63) is 0 Å². The molecule has 0 spiro atoms. The molecule has 1 aliphatic carbocycles. The molecule has 1 rings (SSSR count). The number of hydrogen-bond acceptors (Lipinski definition) is 2. The first kappa shape index (κ1) is 14.0. The van der Waals surface area contributed by atoms with Crippen LogP contribution in [0.1, 0.15) is 59.8 Å². The van der Waals surface area contributed by atoms with Crippen LogP contribution in [0.15, 0.2) is 0 Å². The van der Waals surface area contributed by atoms with E-state index >= 15 is 0 Å². The number of nitrogens with one attached hydrogen (secondary N) is 1. The van der Waals surface area contributed by atoms with Gasteiger partial charge in [0.25, 0.3) is 0 Å². The normalized spacial score (nSPS) is 26.2. The summed E-state index contributed by atoms with van der Waals surface area (Å²) in [6.07, 6.45) is 6.69. The van der Waals surface area contributed by atoms with Crippen molar-refractivity contribution in [1.82, 2.24) is 5.32 Å². The van der Waals surface area contributed by atoms with E-state index in [1.54, 1.807) is 0 Å². The summed E-state index contributed by atoms with van der Waals surface area (Å²) in [4.78, 5) is 0. The lowest BCUT2D eigenvalue weighted by molar-refractivity contribution is 0.0262. The Hall–Kier alpha value is -0.0800. The van der Waals surface area contributed by atoms with Crippen LogP contribution in [0, 0.1) is 5.41 Å². The van der Waals surface area contributed by atoms with Gasteiger partial charge in [-0.25, -0.2) is 0 Å². The highest BCUT2D eigenvalue weighted by Crippen LogP contribution is 2.24. The van der Waals surface area contributed by atoms with Gasteiger partial charge in [0, 0.05) is 12.6 Å². The molecule has 2 nitrogen and oxygen atoms in total. The predicted molar refractivity (Wildman–Crippen MR) is 69.7 cm³/mol. The molecule has 0 bridgehead atoms. The number of rotatable bonds is 6. The SMILES string of the molecule is CCCNC1CCCC1OCCC(C)(C)C. The lowest BCUT2D eigenvalue weighted by Gasteiger charge is -2.24. The summed E-state index contributed by atoms with van der Waals surface area (Å²) in [5, 5.41) is 3.60. The van der Waals surface area contributed by atoms with E-state index in [4.69, 9.17) is 4.74 Å². The first-order valence-electron chi connectivity index (χ1n) is 6.88. The quantitative estimate of drug-likeness (QED) is 0.751. The fourth-order valence-electron chi connectivity index (χ4n) is 2.21. The van der Waals surface area contributed by atoms with E-state index in [2.05, 4.69) is 33.0 Å². The molecule has 2 unspecified atom stereocenters. The summed E-state index contributed by atoms with van der Waals surface area (Å²) in [6, 6.07) is 0.611. The third-order valence-corrected chi connectivity index (χ3v) is 3.29. The van der Waals surface area contributed by atoms with E-state index in [-0.39, 0.29) is 0 Å².